The van der Waals surface area contributed by atoms with E-state index in [1.165, 1.54) is 0 Å². The zero-order chi connectivity index (χ0) is 19.6. The summed E-state index contributed by atoms with van der Waals surface area (Å²) in [6, 6.07) is 6.51. The van der Waals surface area contributed by atoms with Crippen molar-refractivity contribution in [3.8, 4) is 0 Å². The Morgan fingerprint density at radius 2 is 2.04 bits per heavy atom. The Hall–Kier alpha value is -2.05. The molecule has 1 aliphatic rings. The van der Waals surface area contributed by atoms with Gasteiger partial charge in [0.05, 0.1) is 17.1 Å². The maximum atomic E-state index is 12.9. The Labute approximate surface area is 167 Å². The molecular formula is C19H21Cl2N3O3. The van der Waals surface area contributed by atoms with Gasteiger partial charge in [-0.05, 0) is 37.0 Å². The third-order valence-corrected chi connectivity index (χ3v) is 4.75. The monoisotopic (exact) mass is 409 g/mol. The van der Waals surface area contributed by atoms with Gasteiger partial charge >= 0.3 is 0 Å². The molecule has 0 spiro atoms. The Bertz CT molecular complexity index is 846. The number of benzene rings is 1. The van der Waals surface area contributed by atoms with Crippen LogP contribution in [0.2, 0.25) is 10.0 Å². The SMILES string of the molecule is CC(C)CNC(=O)c1cc(CN(C(=O)c2ccc(Cl)cc2Cl)C2CC2)on1. The van der Waals surface area contributed by atoms with Crippen LogP contribution in [0.4, 0.5) is 0 Å². The summed E-state index contributed by atoms with van der Waals surface area (Å²) in [5.41, 5.74) is 0.598. The minimum Gasteiger partial charge on any atom is -0.359 e. The van der Waals surface area contributed by atoms with Gasteiger partial charge in [0, 0.05) is 23.7 Å². The van der Waals surface area contributed by atoms with Crippen molar-refractivity contribution in [3.05, 3.63) is 51.3 Å². The van der Waals surface area contributed by atoms with Gasteiger partial charge in [-0.15, -0.1) is 0 Å². The van der Waals surface area contributed by atoms with E-state index in [1.54, 1.807) is 29.2 Å². The first-order chi connectivity index (χ1) is 12.8. The lowest BCUT2D eigenvalue weighted by Gasteiger charge is -2.21. The molecule has 0 radical (unpaired) electrons. The average molecular weight is 410 g/mol. The van der Waals surface area contributed by atoms with Crippen LogP contribution in [0.3, 0.4) is 0 Å². The van der Waals surface area contributed by atoms with Gasteiger partial charge in [-0.3, -0.25) is 9.59 Å². The number of amides is 2. The number of halogens is 2. The van der Waals surface area contributed by atoms with Crippen LogP contribution in [0.5, 0.6) is 0 Å². The van der Waals surface area contributed by atoms with Gasteiger partial charge in [-0.2, -0.15) is 0 Å². The standard InChI is InChI=1S/C19H21Cl2N3O3/c1-11(2)9-22-18(25)17-8-14(27-23-17)10-24(13-4-5-13)19(26)15-6-3-12(20)7-16(15)21/h3,6-8,11,13H,4-5,9-10H2,1-2H3,(H,22,25). The topological polar surface area (TPSA) is 75.4 Å². The van der Waals surface area contributed by atoms with Gasteiger partial charge in [0.15, 0.2) is 11.5 Å². The van der Waals surface area contributed by atoms with Crippen molar-refractivity contribution in [2.75, 3.05) is 6.54 Å². The molecule has 0 aliphatic heterocycles. The minimum atomic E-state index is -0.288. The highest BCUT2D eigenvalue weighted by Gasteiger charge is 2.34. The largest absolute Gasteiger partial charge is 0.359 e. The molecule has 0 unspecified atom stereocenters. The molecule has 3 rings (SSSR count). The fourth-order valence-corrected chi connectivity index (χ4v) is 3.11. The molecule has 1 aliphatic carbocycles. The highest BCUT2D eigenvalue weighted by molar-refractivity contribution is 6.36. The van der Waals surface area contributed by atoms with E-state index in [-0.39, 0.29) is 30.1 Å². The number of hydrogen-bond donors (Lipinski definition) is 1. The van der Waals surface area contributed by atoms with E-state index in [1.807, 2.05) is 13.8 Å². The van der Waals surface area contributed by atoms with Gasteiger partial charge in [-0.1, -0.05) is 42.2 Å². The molecule has 0 saturated heterocycles. The summed E-state index contributed by atoms with van der Waals surface area (Å²) in [4.78, 5) is 26.7. The van der Waals surface area contributed by atoms with Crippen molar-refractivity contribution < 1.29 is 14.1 Å². The van der Waals surface area contributed by atoms with Crippen LogP contribution >= 0.6 is 23.2 Å². The second-order valence-corrected chi connectivity index (χ2v) is 7.91. The molecule has 1 aromatic carbocycles. The van der Waals surface area contributed by atoms with E-state index in [0.717, 1.165) is 12.8 Å². The van der Waals surface area contributed by atoms with Crippen LogP contribution in [-0.4, -0.2) is 34.5 Å². The summed E-state index contributed by atoms with van der Waals surface area (Å²) in [5, 5.41) is 7.39. The lowest BCUT2D eigenvalue weighted by molar-refractivity contribution is 0.0713. The number of carbonyl (C=O) groups is 2. The van der Waals surface area contributed by atoms with Crippen molar-refractivity contribution in [3.63, 3.8) is 0 Å². The lowest BCUT2D eigenvalue weighted by Crippen LogP contribution is -2.32. The Morgan fingerprint density at radius 1 is 1.30 bits per heavy atom. The van der Waals surface area contributed by atoms with Crippen LogP contribution in [0.1, 0.15) is 53.3 Å². The first-order valence-corrected chi connectivity index (χ1v) is 9.60. The lowest BCUT2D eigenvalue weighted by atomic mass is 10.2. The van der Waals surface area contributed by atoms with Crippen molar-refractivity contribution in [2.24, 2.45) is 5.92 Å². The van der Waals surface area contributed by atoms with Gasteiger partial charge in [0.2, 0.25) is 0 Å². The molecule has 1 fully saturated rings. The smallest absolute Gasteiger partial charge is 0.273 e. The van der Waals surface area contributed by atoms with E-state index in [4.69, 9.17) is 27.7 Å². The molecule has 0 bridgehead atoms. The fraction of sp³-hybridized carbons (Fsp3) is 0.421. The van der Waals surface area contributed by atoms with Crippen LogP contribution in [0.15, 0.2) is 28.8 Å². The number of hydrogen-bond acceptors (Lipinski definition) is 4. The van der Waals surface area contributed by atoms with Gasteiger partial charge in [0.25, 0.3) is 11.8 Å². The number of carbonyl (C=O) groups excluding carboxylic acids is 2. The van der Waals surface area contributed by atoms with Crippen molar-refractivity contribution in [2.45, 2.75) is 39.3 Å². The van der Waals surface area contributed by atoms with Crippen LogP contribution in [0.25, 0.3) is 0 Å². The second-order valence-electron chi connectivity index (χ2n) is 7.07. The predicted octanol–water partition coefficient (Wildman–Crippen LogP) is 4.17. The maximum absolute atomic E-state index is 12.9. The molecule has 0 atom stereocenters. The molecule has 1 N–H and O–H groups in total. The Morgan fingerprint density at radius 3 is 2.67 bits per heavy atom. The first kappa shape index (κ1) is 19.7. The highest BCUT2D eigenvalue weighted by atomic mass is 35.5. The molecule has 1 aromatic heterocycles. The maximum Gasteiger partial charge on any atom is 0.273 e. The Kier molecular flexibility index (Phi) is 6.07. The predicted molar refractivity (Wildman–Crippen MR) is 103 cm³/mol. The molecule has 27 heavy (non-hydrogen) atoms. The number of nitrogens with one attached hydrogen (secondary N) is 1. The van der Waals surface area contributed by atoms with E-state index >= 15 is 0 Å². The quantitative estimate of drug-likeness (QED) is 0.744. The van der Waals surface area contributed by atoms with Crippen molar-refractivity contribution in [1.29, 1.82) is 0 Å². The summed E-state index contributed by atoms with van der Waals surface area (Å²) in [6.07, 6.45) is 1.85. The van der Waals surface area contributed by atoms with Crippen LogP contribution in [-0.2, 0) is 6.54 Å². The van der Waals surface area contributed by atoms with Crippen LogP contribution < -0.4 is 5.32 Å². The summed E-state index contributed by atoms with van der Waals surface area (Å²) in [6.45, 7) is 4.81. The third-order valence-electron chi connectivity index (χ3n) is 4.20. The normalized spacial score (nSPS) is 13.7. The molecule has 1 saturated carbocycles. The van der Waals surface area contributed by atoms with Gasteiger partial charge < -0.3 is 14.7 Å². The average Bonchev–Trinajstić information content (AvgIpc) is 3.35. The summed E-state index contributed by atoms with van der Waals surface area (Å²) in [7, 11) is 0. The molecular weight excluding hydrogens is 389 g/mol. The summed E-state index contributed by atoms with van der Waals surface area (Å²) >= 11 is 12.1. The van der Waals surface area contributed by atoms with Crippen molar-refractivity contribution in [1.82, 2.24) is 15.4 Å². The summed E-state index contributed by atoms with van der Waals surface area (Å²) < 4.78 is 5.28. The molecule has 2 aromatic rings. The molecule has 6 nitrogen and oxygen atoms in total. The van der Waals surface area contributed by atoms with E-state index < -0.39 is 0 Å². The van der Waals surface area contributed by atoms with Crippen LogP contribution in [0, 0.1) is 5.92 Å². The molecule has 2 amide bonds. The zero-order valence-corrected chi connectivity index (χ0v) is 16.7. The van der Waals surface area contributed by atoms with E-state index in [9.17, 15) is 9.59 Å². The van der Waals surface area contributed by atoms with Crippen molar-refractivity contribution >= 4 is 35.0 Å². The third kappa shape index (κ3) is 5.02. The minimum absolute atomic E-state index is 0.132. The zero-order valence-electron chi connectivity index (χ0n) is 15.2. The number of rotatable bonds is 7. The number of aromatic nitrogens is 1. The Balaban J connectivity index is 1.72. The molecule has 1 heterocycles. The van der Waals surface area contributed by atoms with Gasteiger partial charge in [-0.25, -0.2) is 0 Å². The van der Waals surface area contributed by atoms with E-state index in [0.29, 0.717) is 33.8 Å². The highest BCUT2D eigenvalue weighted by Crippen LogP contribution is 2.32. The van der Waals surface area contributed by atoms with Gasteiger partial charge in [0.1, 0.15) is 0 Å². The number of nitrogens with zero attached hydrogens (tertiary/aromatic N) is 2. The van der Waals surface area contributed by atoms with E-state index in [2.05, 4.69) is 10.5 Å². The molecule has 144 valence electrons. The molecule has 8 heteroatoms. The first-order valence-electron chi connectivity index (χ1n) is 8.85. The fourth-order valence-electron chi connectivity index (χ4n) is 2.62. The second kappa shape index (κ2) is 8.31. The summed E-state index contributed by atoms with van der Waals surface area (Å²) in [5.74, 6) is 0.313.